The van der Waals surface area contributed by atoms with Crippen LogP contribution in [-0.4, -0.2) is 61.1 Å². The molecule has 2 aromatic rings. The van der Waals surface area contributed by atoms with Gasteiger partial charge in [-0.1, -0.05) is 30.3 Å². The molecule has 0 saturated carbocycles. The molecule has 1 N–H and O–H groups in total. The number of anilines is 1. The van der Waals surface area contributed by atoms with Gasteiger partial charge in [-0.05, 0) is 36.8 Å². The summed E-state index contributed by atoms with van der Waals surface area (Å²) in [6.45, 7) is 4.91. The number of nitrogens with zero attached hydrogens (tertiary/aromatic N) is 2. The summed E-state index contributed by atoms with van der Waals surface area (Å²) in [5.74, 6) is 0.790. The summed E-state index contributed by atoms with van der Waals surface area (Å²) in [6, 6.07) is 17.5. The Bertz CT molecular complexity index is 787. The summed E-state index contributed by atoms with van der Waals surface area (Å²) in [5, 5.41) is 3.15. The molecule has 1 fully saturated rings. The van der Waals surface area contributed by atoms with E-state index in [-0.39, 0.29) is 18.5 Å². The number of carbonyl (C=O) groups excluding carboxylic acids is 2. The fraction of sp³-hybridized carbons (Fsp3) is 0.364. The van der Waals surface area contributed by atoms with Crippen LogP contribution in [0.4, 0.5) is 10.5 Å². The summed E-state index contributed by atoms with van der Waals surface area (Å²) in [5.41, 5.74) is 1.97. The van der Waals surface area contributed by atoms with Gasteiger partial charge >= 0.3 is 6.09 Å². The number of carbonyl (C=O) groups is 2. The van der Waals surface area contributed by atoms with Gasteiger partial charge in [0.25, 0.3) is 0 Å². The first kappa shape index (κ1) is 20.5. The fourth-order valence-electron chi connectivity index (χ4n) is 3.05. The highest BCUT2D eigenvalue weighted by Gasteiger charge is 2.24. The van der Waals surface area contributed by atoms with Crippen molar-refractivity contribution >= 4 is 17.7 Å². The molecule has 0 aromatic heterocycles. The average Bonchev–Trinajstić information content (AvgIpc) is 2.78. The van der Waals surface area contributed by atoms with Crippen LogP contribution < -0.4 is 10.1 Å². The van der Waals surface area contributed by atoms with E-state index in [4.69, 9.17) is 9.47 Å². The molecule has 2 amide bonds. The predicted molar refractivity (Wildman–Crippen MR) is 111 cm³/mol. The lowest BCUT2D eigenvalue weighted by Gasteiger charge is -2.34. The maximum absolute atomic E-state index is 12.4. The number of rotatable bonds is 7. The number of hydrogen-bond acceptors (Lipinski definition) is 5. The van der Waals surface area contributed by atoms with Crippen LogP contribution in [0.3, 0.4) is 0 Å². The zero-order valence-electron chi connectivity index (χ0n) is 16.7. The highest BCUT2D eigenvalue weighted by Crippen LogP contribution is 2.17. The molecule has 2 aromatic carbocycles. The number of benzene rings is 2. The zero-order valence-corrected chi connectivity index (χ0v) is 16.7. The lowest BCUT2D eigenvalue weighted by Crippen LogP contribution is -2.51. The quantitative estimate of drug-likeness (QED) is 0.778. The molecule has 1 aliphatic rings. The van der Waals surface area contributed by atoms with Crippen LogP contribution in [0.2, 0.25) is 0 Å². The van der Waals surface area contributed by atoms with Crippen molar-refractivity contribution in [2.24, 2.45) is 0 Å². The Balaban J connectivity index is 1.39. The monoisotopic (exact) mass is 397 g/mol. The SMILES string of the molecule is CCOC(=O)N1CCN(C(=O)CNc2ccc(OCc3ccccc3)cc2)CC1. The van der Waals surface area contributed by atoms with Crippen molar-refractivity contribution < 1.29 is 19.1 Å². The average molecular weight is 397 g/mol. The largest absolute Gasteiger partial charge is 0.489 e. The Labute approximate surface area is 171 Å². The van der Waals surface area contributed by atoms with Crippen molar-refractivity contribution in [1.82, 2.24) is 9.80 Å². The molecule has 1 aliphatic heterocycles. The second-order valence-corrected chi connectivity index (χ2v) is 6.72. The van der Waals surface area contributed by atoms with E-state index in [0.29, 0.717) is 39.4 Å². The number of amides is 2. The van der Waals surface area contributed by atoms with E-state index in [1.807, 2.05) is 54.6 Å². The van der Waals surface area contributed by atoms with Gasteiger partial charge in [-0.3, -0.25) is 4.79 Å². The molecule has 3 rings (SSSR count). The summed E-state index contributed by atoms with van der Waals surface area (Å²) in [4.78, 5) is 27.5. The van der Waals surface area contributed by atoms with Gasteiger partial charge in [0, 0.05) is 31.9 Å². The molecular weight excluding hydrogens is 370 g/mol. The van der Waals surface area contributed by atoms with Crippen molar-refractivity contribution in [3.8, 4) is 5.75 Å². The molecule has 7 nitrogen and oxygen atoms in total. The smallest absolute Gasteiger partial charge is 0.409 e. The molecule has 1 heterocycles. The summed E-state index contributed by atoms with van der Waals surface area (Å²) >= 11 is 0. The minimum absolute atomic E-state index is 0.0120. The van der Waals surface area contributed by atoms with Gasteiger partial charge in [-0.15, -0.1) is 0 Å². The van der Waals surface area contributed by atoms with Gasteiger partial charge in [-0.25, -0.2) is 4.79 Å². The minimum Gasteiger partial charge on any atom is -0.489 e. The van der Waals surface area contributed by atoms with Crippen molar-refractivity contribution in [3.63, 3.8) is 0 Å². The molecule has 29 heavy (non-hydrogen) atoms. The Hall–Kier alpha value is -3.22. The molecule has 0 radical (unpaired) electrons. The minimum atomic E-state index is -0.313. The molecule has 154 valence electrons. The summed E-state index contributed by atoms with van der Waals surface area (Å²) in [7, 11) is 0. The molecule has 0 bridgehead atoms. The van der Waals surface area contributed by atoms with Crippen LogP contribution in [0, 0.1) is 0 Å². The molecule has 1 saturated heterocycles. The molecule has 7 heteroatoms. The highest BCUT2D eigenvalue weighted by molar-refractivity contribution is 5.81. The van der Waals surface area contributed by atoms with Gasteiger partial charge in [0.2, 0.25) is 5.91 Å². The molecule has 0 spiro atoms. The van der Waals surface area contributed by atoms with Crippen LogP contribution in [-0.2, 0) is 16.1 Å². The first-order chi connectivity index (χ1) is 14.2. The Morgan fingerprint density at radius 3 is 2.24 bits per heavy atom. The van der Waals surface area contributed by atoms with E-state index in [1.54, 1.807) is 16.7 Å². The van der Waals surface area contributed by atoms with Gasteiger partial charge < -0.3 is 24.6 Å². The zero-order chi connectivity index (χ0) is 20.5. The fourth-order valence-corrected chi connectivity index (χ4v) is 3.05. The van der Waals surface area contributed by atoms with E-state index < -0.39 is 0 Å². The Morgan fingerprint density at radius 1 is 0.931 bits per heavy atom. The second kappa shape index (κ2) is 10.4. The number of nitrogens with one attached hydrogen (secondary N) is 1. The molecule has 0 aliphatic carbocycles. The molecule has 0 atom stereocenters. The number of ether oxygens (including phenoxy) is 2. The van der Waals surface area contributed by atoms with Crippen LogP contribution in [0.1, 0.15) is 12.5 Å². The maximum atomic E-state index is 12.4. The van der Waals surface area contributed by atoms with Gasteiger partial charge in [0.1, 0.15) is 12.4 Å². The number of hydrogen-bond donors (Lipinski definition) is 1. The van der Waals surface area contributed by atoms with Crippen molar-refractivity contribution in [1.29, 1.82) is 0 Å². The van der Waals surface area contributed by atoms with Crippen molar-refractivity contribution in [2.45, 2.75) is 13.5 Å². The first-order valence-corrected chi connectivity index (χ1v) is 9.86. The van der Waals surface area contributed by atoms with E-state index >= 15 is 0 Å². The third kappa shape index (κ3) is 6.14. The topological polar surface area (TPSA) is 71.1 Å². The standard InChI is InChI=1S/C22H27N3O4/c1-2-28-22(27)25-14-12-24(13-15-25)21(26)16-23-19-8-10-20(11-9-19)29-17-18-6-4-3-5-7-18/h3-11,23H,2,12-17H2,1H3. The van der Waals surface area contributed by atoms with Crippen molar-refractivity contribution in [2.75, 3.05) is 44.6 Å². The van der Waals surface area contributed by atoms with Crippen LogP contribution in [0.25, 0.3) is 0 Å². The van der Waals surface area contributed by atoms with Crippen LogP contribution >= 0.6 is 0 Å². The normalized spacial score (nSPS) is 13.7. The first-order valence-electron chi connectivity index (χ1n) is 9.86. The van der Waals surface area contributed by atoms with Crippen molar-refractivity contribution in [3.05, 3.63) is 60.2 Å². The predicted octanol–water partition coefficient (Wildman–Crippen LogP) is 2.98. The summed E-state index contributed by atoms with van der Waals surface area (Å²) < 4.78 is 10.8. The van der Waals surface area contributed by atoms with E-state index in [9.17, 15) is 9.59 Å². The van der Waals surface area contributed by atoms with Gasteiger partial charge in [0.15, 0.2) is 0 Å². The Morgan fingerprint density at radius 2 is 1.59 bits per heavy atom. The van der Waals surface area contributed by atoms with E-state index in [0.717, 1.165) is 17.0 Å². The highest BCUT2D eigenvalue weighted by atomic mass is 16.6. The second-order valence-electron chi connectivity index (χ2n) is 6.72. The number of piperazine rings is 1. The van der Waals surface area contributed by atoms with Crippen LogP contribution in [0.5, 0.6) is 5.75 Å². The van der Waals surface area contributed by atoms with Gasteiger partial charge in [-0.2, -0.15) is 0 Å². The maximum Gasteiger partial charge on any atom is 0.409 e. The summed E-state index contributed by atoms with van der Waals surface area (Å²) in [6.07, 6.45) is -0.313. The van der Waals surface area contributed by atoms with E-state index in [1.165, 1.54) is 0 Å². The van der Waals surface area contributed by atoms with Crippen LogP contribution in [0.15, 0.2) is 54.6 Å². The Kier molecular flexibility index (Phi) is 7.33. The van der Waals surface area contributed by atoms with E-state index in [2.05, 4.69) is 5.32 Å². The lowest BCUT2D eigenvalue weighted by molar-refractivity contribution is -0.130. The molecular formula is C22H27N3O4. The third-order valence-electron chi connectivity index (χ3n) is 4.70. The third-order valence-corrected chi connectivity index (χ3v) is 4.70. The van der Waals surface area contributed by atoms with Gasteiger partial charge in [0.05, 0.1) is 13.2 Å². The lowest BCUT2D eigenvalue weighted by atomic mass is 10.2. The molecule has 0 unspecified atom stereocenters.